The molecule has 0 fully saturated rings. The van der Waals surface area contributed by atoms with Crippen LogP contribution in [0.1, 0.15) is 23.4 Å². The van der Waals surface area contributed by atoms with Crippen LogP contribution in [0.4, 0.5) is 0 Å². The lowest BCUT2D eigenvalue weighted by atomic mass is 10.2. The number of rotatable bonds is 7. The van der Waals surface area contributed by atoms with Crippen LogP contribution >= 0.6 is 11.3 Å². The molecule has 0 saturated heterocycles. The number of carbonyl (C=O) groups excluding carboxylic acids is 1. The van der Waals surface area contributed by atoms with E-state index in [1.54, 1.807) is 17.4 Å². The third-order valence-corrected chi connectivity index (χ3v) is 4.11. The molecule has 1 amide bonds. The highest BCUT2D eigenvalue weighted by molar-refractivity contribution is 7.09. The van der Waals surface area contributed by atoms with Crippen LogP contribution in [-0.2, 0) is 24.9 Å². The van der Waals surface area contributed by atoms with E-state index in [2.05, 4.69) is 23.3 Å². The molecule has 0 aromatic carbocycles. The van der Waals surface area contributed by atoms with Crippen molar-refractivity contribution in [1.82, 2.24) is 9.47 Å². The van der Waals surface area contributed by atoms with Crippen molar-refractivity contribution < 1.29 is 4.79 Å². The smallest absolute Gasteiger partial charge is 0.223 e. The van der Waals surface area contributed by atoms with E-state index < -0.39 is 0 Å². The highest BCUT2D eigenvalue weighted by Crippen LogP contribution is 2.16. The molecule has 0 aliphatic heterocycles. The molecule has 4 heteroatoms. The van der Waals surface area contributed by atoms with E-state index in [-0.39, 0.29) is 5.91 Å². The maximum absolute atomic E-state index is 12.3. The van der Waals surface area contributed by atoms with Crippen LogP contribution in [0.25, 0.3) is 0 Å². The van der Waals surface area contributed by atoms with Gasteiger partial charge in [0.1, 0.15) is 0 Å². The second kappa shape index (κ2) is 7.10. The summed E-state index contributed by atoms with van der Waals surface area (Å²) in [6, 6.07) is 8.16. The molecular weight excluding hydrogens is 268 g/mol. The molecule has 0 N–H and O–H groups in total. The van der Waals surface area contributed by atoms with Crippen molar-refractivity contribution in [3.63, 3.8) is 0 Å². The third-order valence-electron chi connectivity index (χ3n) is 3.25. The van der Waals surface area contributed by atoms with Gasteiger partial charge in [-0.15, -0.1) is 17.9 Å². The van der Waals surface area contributed by atoms with Gasteiger partial charge in [-0.2, -0.15) is 0 Å². The summed E-state index contributed by atoms with van der Waals surface area (Å²) in [4.78, 5) is 15.5. The van der Waals surface area contributed by atoms with Crippen LogP contribution in [0.5, 0.6) is 0 Å². The van der Waals surface area contributed by atoms with E-state index in [1.807, 2.05) is 35.7 Å². The predicted molar refractivity (Wildman–Crippen MR) is 83.4 cm³/mol. The number of amides is 1. The Morgan fingerprint density at radius 2 is 2.25 bits per heavy atom. The second-order valence-electron chi connectivity index (χ2n) is 4.77. The minimum absolute atomic E-state index is 0.180. The Balaban J connectivity index is 2.08. The molecule has 2 rings (SSSR count). The zero-order chi connectivity index (χ0) is 14.4. The van der Waals surface area contributed by atoms with E-state index in [4.69, 9.17) is 0 Å². The van der Waals surface area contributed by atoms with Crippen molar-refractivity contribution in [2.75, 3.05) is 0 Å². The van der Waals surface area contributed by atoms with Gasteiger partial charge in [0.15, 0.2) is 0 Å². The lowest BCUT2D eigenvalue weighted by Crippen LogP contribution is -2.30. The van der Waals surface area contributed by atoms with Crippen molar-refractivity contribution in [3.05, 3.63) is 59.1 Å². The van der Waals surface area contributed by atoms with Crippen LogP contribution in [0.3, 0.4) is 0 Å². The summed E-state index contributed by atoms with van der Waals surface area (Å²) in [5, 5.41) is 2.05. The number of aryl methyl sites for hydroxylation is 1. The molecule has 2 aromatic rings. The first kappa shape index (κ1) is 14.6. The zero-order valence-electron chi connectivity index (χ0n) is 11.8. The largest absolute Gasteiger partial charge is 0.353 e. The highest BCUT2D eigenvalue weighted by atomic mass is 32.1. The van der Waals surface area contributed by atoms with Crippen molar-refractivity contribution >= 4 is 17.2 Å². The highest BCUT2D eigenvalue weighted by Gasteiger charge is 2.15. The molecule has 20 heavy (non-hydrogen) atoms. The lowest BCUT2D eigenvalue weighted by molar-refractivity contribution is -0.132. The molecule has 0 unspecified atom stereocenters. The first-order valence-corrected chi connectivity index (χ1v) is 7.60. The summed E-state index contributed by atoms with van der Waals surface area (Å²) in [7, 11) is 2.01. The van der Waals surface area contributed by atoms with Gasteiger partial charge in [0.2, 0.25) is 5.91 Å². The predicted octanol–water partition coefficient (Wildman–Crippen LogP) is 3.58. The van der Waals surface area contributed by atoms with Crippen molar-refractivity contribution in [2.45, 2.75) is 25.9 Å². The number of hydrogen-bond acceptors (Lipinski definition) is 2. The van der Waals surface area contributed by atoms with Crippen molar-refractivity contribution in [1.29, 1.82) is 0 Å². The molecule has 0 spiro atoms. The summed E-state index contributed by atoms with van der Waals surface area (Å²) in [6.07, 6.45) is 5.06. The van der Waals surface area contributed by atoms with Crippen LogP contribution in [0, 0.1) is 0 Å². The van der Waals surface area contributed by atoms with Gasteiger partial charge in [0.05, 0.1) is 13.1 Å². The van der Waals surface area contributed by atoms with E-state index in [0.717, 1.165) is 12.1 Å². The second-order valence-corrected chi connectivity index (χ2v) is 5.80. The molecular formula is C16H20N2OS. The van der Waals surface area contributed by atoms with Gasteiger partial charge in [-0.1, -0.05) is 12.1 Å². The fraction of sp³-hybridized carbons (Fsp3) is 0.312. The van der Waals surface area contributed by atoms with Gasteiger partial charge in [0.25, 0.3) is 0 Å². The molecule has 0 bridgehead atoms. The first-order valence-electron chi connectivity index (χ1n) is 6.72. The Hall–Kier alpha value is -1.81. The summed E-state index contributed by atoms with van der Waals surface area (Å²) in [6.45, 7) is 5.01. The number of nitrogens with zero attached hydrogens (tertiary/aromatic N) is 2. The number of hydrogen-bond donors (Lipinski definition) is 0. The maximum atomic E-state index is 12.3. The minimum atomic E-state index is 0.180. The number of aromatic nitrogens is 1. The summed E-state index contributed by atoms with van der Waals surface area (Å²) in [5.41, 5.74) is 1.15. The first-order chi connectivity index (χ1) is 9.70. The van der Waals surface area contributed by atoms with Crippen LogP contribution < -0.4 is 0 Å². The Morgan fingerprint density at radius 3 is 2.85 bits per heavy atom. The lowest BCUT2D eigenvalue weighted by Gasteiger charge is -2.22. The summed E-state index contributed by atoms with van der Waals surface area (Å²) < 4.78 is 2.06. The normalized spacial score (nSPS) is 10.4. The van der Waals surface area contributed by atoms with Crippen molar-refractivity contribution in [3.8, 4) is 0 Å². The SMILES string of the molecule is C=CCCC(=O)N(Cc1cccs1)Cc1cccn1C. The van der Waals surface area contributed by atoms with Gasteiger partial charge in [0, 0.05) is 30.2 Å². The standard InChI is InChI=1S/C16H20N2OS/c1-3-4-9-16(19)18(13-15-8-6-11-20-15)12-14-7-5-10-17(14)2/h3,5-8,10-11H,1,4,9,12-13H2,2H3. The van der Waals surface area contributed by atoms with Crippen molar-refractivity contribution in [2.24, 2.45) is 7.05 Å². The molecule has 2 heterocycles. The topological polar surface area (TPSA) is 25.2 Å². The van der Waals surface area contributed by atoms with Gasteiger partial charge in [-0.05, 0) is 30.0 Å². The fourth-order valence-electron chi connectivity index (χ4n) is 2.06. The molecule has 106 valence electrons. The minimum Gasteiger partial charge on any atom is -0.353 e. The Kier molecular flexibility index (Phi) is 5.18. The summed E-state index contributed by atoms with van der Waals surface area (Å²) >= 11 is 1.69. The summed E-state index contributed by atoms with van der Waals surface area (Å²) in [5.74, 6) is 0.180. The number of thiophene rings is 1. The Morgan fingerprint density at radius 1 is 1.40 bits per heavy atom. The average molecular weight is 288 g/mol. The van der Waals surface area contributed by atoms with E-state index in [9.17, 15) is 4.79 Å². The van der Waals surface area contributed by atoms with Crippen LogP contribution in [0.15, 0.2) is 48.5 Å². The molecule has 0 atom stereocenters. The Bertz CT molecular complexity index is 557. The third kappa shape index (κ3) is 3.84. The molecule has 2 aromatic heterocycles. The fourth-order valence-corrected chi connectivity index (χ4v) is 2.78. The monoisotopic (exact) mass is 288 g/mol. The zero-order valence-corrected chi connectivity index (χ0v) is 12.6. The van der Waals surface area contributed by atoms with E-state index >= 15 is 0 Å². The number of allylic oxidation sites excluding steroid dienone is 1. The molecule has 0 aliphatic carbocycles. The number of carbonyl (C=O) groups is 1. The molecule has 0 radical (unpaired) electrons. The van der Waals surface area contributed by atoms with E-state index in [1.165, 1.54) is 4.88 Å². The van der Waals surface area contributed by atoms with Crippen LogP contribution in [-0.4, -0.2) is 15.4 Å². The molecule has 0 aliphatic rings. The maximum Gasteiger partial charge on any atom is 0.223 e. The van der Waals surface area contributed by atoms with Crippen LogP contribution in [0.2, 0.25) is 0 Å². The Labute approximate surface area is 124 Å². The average Bonchev–Trinajstić information content (AvgIpc) is 3.08. The van der Waals surface area contributed by atoms with Gasteiger partial charge in [-0.25, -0.2) is 0 Å². The molecule has 0 saturated carbocycles. The molecule has 3 nitrogen and oxygen atoms in total. The van der Waals surface area contributed by atoms with E-state index in [0.29, 0.717) is 19.5 Å². The van der Waals surface area contributed by atoms with Gasteiger partial charge < -0.3 is 9.47 Å². The van der Waals surface area contributed by atoms with Gasteiger partial charge >= 0.3 is 0 Å². The van der Waals surface area contributed by atoms with Gasteiger partial charge in [-0.3, -0.25) is 4.79 Å². The quantitative estimate of drug-likeness (QED) is 0.715.